The summed E-state index contributed by atoms with van der Waals surface area (Å²) in [6, 6.07) is 8.25. The highest BCUT2D eigenvalue weighted by Crippen LogP contribution is 2.25. The van der Waals surface area contributed by atoms with E-state index in [9.17, 15) is 0 Å². The quantitative estimate of drug-likeness (QED) is 0.889. The molecule has 0 spiro atoms. The average molecular weight is 276 g/mol. The maximum absolute atomic E-state index is 6.12. The summed E-state index contributed by atoms with van der Waals surface area (Å²) in [7, 11) is 0. The number of nitrogens with one attached hydrogen (secondary N) is 1. The Bertz CT molecular complexity index is 594. The zero-order chi connectivity index (χ0) is 14.0. The van der Waals surface area contributed by atoms with Gasteiger partial charge in [0, 0.05) is 5.69 Å². The molecule has 2 rings (SSSR count). The Kier molecular flexibility index (Phi) is 4.05. The first kappa shape index (κ1) is 13.8. The van der Waals surface area contributed by atoms with Crippen molar-refractivity contribution in [1.29, 1.82) is 0 Å². The van der Waals surface area contributed by atoms with E-state index in [-0.39, 0.29) is 0 Å². The van der Waals surface area contributed by atoms with Crippen LogP contribution in [-0.4, -0.2) is 9.97 Å². The number of hydrogen-bond acceptors (Lipinski definition) is 3. The van der Waals surface area contributed by atoms with E-state index in [4.69, 9.17) is 11.6 Å². The van der Waals surface area contributed by atoms with Gasteiger partial charge < -0.3 is 5.32 Å². The number of nitrogens with zero attached hydrogens (tertiary/aromatic N) is 2. The lowest BCUT2D eigenvalue weighted by atomic mass is 10.0. The van der Waals surface area contributed by atoms with Crippen molar-refractivity contribution in [2.75, 3.05) is 5.32 Å². The first-order valence-corrected chi connectivity index (χ1v) is 6.73. The third-order valence-electron chi connectivity index (χ3n) is 3.08. The number of anilines is 2. The normalized spacial score (nSPS) is 10.8. The molecule has 1 heterocycles. The molecule has 0 atom stereocenters. The van der Waals surface area contributed by atoms with E-state index >= 15 is 0 Å². The Morgan fingerprint density at radius 3 is 2.47 bits per heavy atom. The molecule has 1 N–H and O–H groups in total. The Hall–Kier alpha value is -1.61. The molecule has 2 aromatic rings. The molecular weight excluding hydrogens is 258 g/mol. The first-order valence-electron chi connectivity index (χ1n) is 6.35. The van der Waals surface area contributed by atoms with Gasteiger partial charge in [0.2, 0.25) is 0 Å². The van der Waals surface area contributed by atoms with Crippen LogP contribution in [0.2, 0.25) is 5.15 Å². The largest absolute Gasteiger partial charge is 0.338 e. The Morgan fingerprint density at radius 2 is 1.79 bits per heavy atom. The van der Waals surface area contributed by atoms with Crippen molar-refractivity contribution in [3.63, 3.8) is 0 Å². The molecule has 4 heteroatoms. The summed E-state index contributed by atoms with van der Waals surface area (Å²) in [6.45, 7) is 8.16. The van der Waals surface area contributed by atoms with Crippen molar-refractivity contribution in [3.05, 3.63) is 46.4 Å². The molecule has 1 aromatic carbocycles. The first-order chi connectivity index (χ1) is 8.97. The van der Waals surface area contributed by atoms with E-state index in [1.54, 1.807) is 0 Å². The van der Waals surface area contributed by atoms with Gasteiger partial charge in [0.1, 0.15) is 0 Å². The van der Waals surface area contributed by atoms with Crippen LogP contribution >= 0.6 is 11.6 Å². The van der Waals surface area contributed by atoms with Crippen LogP contribution in [0.3, 0.4) is 0 Å². The van der Waals surface area contributed by atoms with Crippen LogP contribution < -0.4 is 5.32 Å². The Balaban J connectivity index is 2.31. The molecule has 0 unspecified atom stereocenters. The van der Waals surface area contributed by atoms with Gasteiger partial charge in [-0.05, 0) is 37.5 Å². The molecule has 0 amide bonds. The van der Waals surface area contributed by atoms with Crippen molar-refractivity contribution in [3.8, 4) is 0 Å². The minimum Gasteiger partial charge on any atom is -0.338 e. The summed E-state index contributed by atoms with van der Waals surface area (Å²) in [5.74, 6) is 1.09. The summed E-state index contributed by atoms with van der Waals surface area (Å²) in [6.07, 6.45) is 0. The van der Waals surface area contributed by atoms with E-state index in [1.165, 1.54) is 5.56 Å². The summed E-state index contributed by atoms with van der Waals surface area (Å²) >= 11 is 6.12. The van der Waals surface area contributed by atoms with Gasteiger partial charge in [-0.1, -0.05) is 37.6 Å². The van der Waals surface area contributed by atoms with Gasteiger partial charge in [-0.2, -0.15) is 0 Å². The molecule has 0 aliphatic heterocycles. The Morgan fingerprint density at radius 1 is 1.11 bits per heavy atom. The molecular formula is C15H18ClN3. The molecule has 0 aliphatic rings. The SMILES string of the molecule is Cc1nc(Cl)c(Nc2cccc(C(C)C)c2)nc1C. The average Bonchev–Trinajstić information content (AvgIpc) is 2.36. The number of rotatable bonds is 3. The molecule has 0 bridgehead atoms. The van der Waals surface area contributed by atoms with Crippen molar-refractivity contribution < 1.29 is 0 Å². The molecule has 19 heavy (non-hydrogen) atoms. The van der Waals surface area contributed by atoms with Gasteiger partial charge in [-0.15, -0.1) is 0 Å². The lowest BCUT2D eigenvalue weighted by molar-refractivity contribution is 0.867. The van der Waals surface area contributed by atoms with Crippen LogP contribution in [0.1, 0.15) is 36.7 Å². The standard InChI is InChI=1S/C15H18ClN3/c1-9(2)12-6-5-7-13(8-12)19-15-14(16)17-10(3)11(4)18-15/h5-9H,1-4H3,(H,18,19). The van der Waals surface area contributed by atoms with Crippen LogP contribution in [0.5, 0.6) is 0 Å². The molecule has 0 saturated carbocycles. The lowest BCUT2D eigenvalue weighted by Gasteiger charge is -2.11. The van der Waals surface area contributed by atoms with Gasteiger partial charge in [0.15, 0.2) is 11.0 Å². The lowest BCUT2D eigenvalue weighted by Crippen LogP contribution is -2.01. The van der Waals surface area contributed by atoms with Crippen LogP contribution in [0.25, 0.3) is 0 Å². The number of halogens is 1. The number of aromatic nitrogens is 2. The molecule has 1 aromatic heterocycles. The smallest absolute Gasteiger partial charge is 0.172 e. The molecule has 0 aliphatic carbocycles. The predicted molar refractivity (Wildman–Crippen MR) is 80.3 cm³/mol. The highest BCUT2D eigenvalue weighted by molar-refractivity contribution is 6.31. The van der Waals surface area contributed by atoms with Gasteiger partial charge in [-0.3, -0.25) is 0 Å². The predicted octanol–water partition coefficient (Wildman–Crippen LogP) is 4.61. The van der Waals surface area contributed by atoms with E-state index in [2.05, 4.69) is 41.3 Å². The van der Waals surface area contributed by atoms with Crippen molar-refractivity contribution in [1.82, 2.24) is 9.97 Å². The van der Waals surface area contributed by atoms with Gasteiger partial charge >= 0.3 is 0 Å². The van der Waals surface area contributed by atoms with Crippen molar-refractivity contribution >= 4 is 23.1 Å². The maximum Gasteiger partial charge on any atom is 0.172 e. The Labute approximate surface area is 119 Å². The maximum atomic E-state index is 6.12. The molecule has 0 fully saturated rings. The summed E-state index contributed by atoms with van der Waals surface area (Å²) in [4.78, 5) is 8.70. The highest BCUT2D eigenvalue weighted by Gasteiger charge is 2.08. The third kappa shape index (κ3) is 3.24. The second-order valence-electron chi connectivity index (χ2n) is 4.94. The van der Waals surface area contributed by atoms with E-state index in [0.717, 1.165) is 17.1 Å². The summed E-state index contributed by atoms with van der Waals surface area (Å²) in [5.41, 5.74) is 3.99. The highest BCUT2D eigenvalue weighted by atomic mass is 35.5. The van der Waals surface area contributed by atoms with E-state index < -0.39 is 0 Å². The number of hydrogen-bond donors (Lipinski definition) is 1. The fraction of sp³-hybridized carbons (Fsp3) is 0.333. The van der Waals surface area contributed by atoms with Crippen molar-refractivity contribution in [2.24, 2.45) is 0 Å². The van der Waals surface area contributed by atoms with E-state index in [1.807, 2.05) is 26.0 Å². The number of benzene rings is 1. The topological polar surface area (TPSA) is 37.8 Å². The summed E-state index contributed by atoms with van der Waals surface area (Å²) in [5, 5.41) is 3.63. The second kappa shape index (κ2) is 5.57. The van der Waals surface area contributed by atoms with Crippen LogP contribution in [0.4, 0.5) is 11.5 Å². The van der Waals surface area contributed by atoms with Crippen LogP contribution in [0, 0.1) is 13.8 Å². The van der Waals surface area contributed by atoms with Crippen molar-refractivity contribution in [2.45, 2.75) is 33.6 Å². The monoisotopic (exact) mass is 275 g/mol. The molecule has 0 saturated heterocycles. The fourth-order valence-electron chi connectivity index (χ4n) is 1.77. The second-order valence-corrected chi connectivity index (χ2v) is 5.30. The van der Waals surface area contributed by atoms with Crippen LogP contribution in [0.15, 0.2) is 24.3 Å². The fourth-order valence-corrected chi connectivity index (χ4v) is 1.98. The zero-order valence-corrected chi connectivity index (χ0v) is 12.4. The molecule has 100 valence electrons. The van der Waals surface area contributed by atoms with Gasteiger partial charge in [0.25, 0.3) is 0 Å². The summed E-state index contributed by atoms with van der Waals surface area (Å²) < 4.78 is 0. The minimum atomic E-state index is 0.401. The van der Waals surface area contributed by atoms with Gasteiger partial charge in [0.05, 0.1) is 11.4 Å². The minimum absolute atomic E-state index is 0.401. The number of aryl methyl sites for hydroxylation is 2. The molecule has 3 nitrogen and oxygen atoms in total. The zero-order valence-electron chi connectivity index (χ0n) is 11.7. The third-order valence-corrected chi connectivity index (χ3v) is 3.34. The van der Waals surface area contributed by atoms with Gasteiger partial charge in [-0.25, -0.2) is 9.97 Å². The van der Waals surface area contributed by atoms with Crippen LogP contribution in [-0.2, 0) is 0 Å². The van der Waals surface area contributed by atoms with E-state index in [0.29, 0.717) is 16.9 Å². The molecule has 0 radical (unpaired) electrons.